The quantitative estimate of drug-likeness (QED) is 0.847. The summed E-state index contributed by atoms with van der Waals surface area (Å²) in [6.07, 6.45) is 2.87. The Hall–Kier alpha value is -2.64. The molecule has 21 heavy (non-hydrogen) atoms. The molecule has 0 radical (unpaired) electrons. The van der Waals surface area contributed by atoms with Crippen LogP contribution in [0.3, 0.4) is 0 Å². The van der Waals surface area contributed by atoms with Gasteiger partial charge in [-0.25, -0.2) is 4.98 Å². The predicted molar refractivity (Wildman–Crippen MR) is 71.3 cm³/mol. The van der Waals surface area contributed by atoms with Crippen LogP contribution in [-0.4, -0.2) is 45.1 Å². The molecule has 1 aliphatic rings. The molecule has 0 spiro atoms. The van der Waals surface area contributed by atoms with E-state index < -0.39 is 6.04 Å². The van der Waals surface area contributed by atoms with E-state index in [0.717, 1.165) is 5.69 Å². The minimum absolute atomic E-state index is 0.188. The smallest absolute Gasteiger partial charge is 0.292 e. The summed E-state index contributed by atoms with van der Waals surface area (Å²) in [5.41, 5.74) is 1.34. The van der Waals surface area contributed by atoms with Crippen molar-refractivity contribution < 1.29 is 14.0 Å². The third-order valence-electron chi connectivity index (χ3n) is 3.57. The summed E-state index contributed by atoms with van der Waals surface area (Å²) in [4.78, 5) is 30.0. The summed E-state index contributed by atoms with van der Waals surface area (Å²) in [6, 6.07) is 1.25. The molecular formula is C13H15N5O3. The maximum Gasteiger partial charge on any atom is 0.292 e. The van der Waals surface area contributed by atoms with Gasteiger partial charge in [-0.1, -0.05) is 0 Å². The average Bonchev–Trinajstić information content (AvgIpc) is 3.12. The molecular weight excluding hydrogens is 274 g/mol. The molecule has 8 nitrogen and oxygen atoms in total. The van der Waals surface area contributed by atoms with E-state index in [9.17, 15) is 9.59 Å². The SMILES string of the molecule is CNC(=O)C1CN(C(=O)c2ocnc2C)Cc2ccnn21. The molecule has 110 valence electrons. The molecule has 2 amide bonds. The van der Waals surface area contributed by atoms with Crippen molar-refractivity contribution in [2.45, 2.75) is 19.5 Å². The first-order valence-corrected chi connectivity index (χ1v) is 6.55. The van der Waals surface area contributed by atoms with Crippen LogP contribution in [0.5, 0.6) is 0 Å². The molecule has 0 bridgehead atoms. The Labute approximate surface area is 120 Å². The molecule has 8 heteroatoms. The van der Waals surface area contributed by atoms with Crippen molar-refractivity contribution in [2.24, 2.45) is 0 Å². The lowest BCUT2D eigenvalue weighted by atomic mass is 10.1. The number of hydrogen-bond donors (Lipinski definition) is 1. The molecule has 2 aromatic heterocycles. The number of nitrogens with one attached hydrogen (secondary N) is 1. The Bertz CT molecular complexity index is 690. The fourth-order valence-electron chi connectivity index (χ4n) is 2.46. The monoisotopic (exact) mass is 289 g/mol. The molecule has 1 atom stereocenters. The molecule has 3 heterocycles. The van der Waals surface area contributed by atoms with Crippen LogP contribution in [0.1, 0.15) is 28.0 Å². The van der Waals surface area contributed by atoms with Gasteiger partial charge in [-0.15, -0.1) is 0 Å². The number of aryl methyl sites for hydroxylation is 1. The zero-order valence-electron chi connectivity index (χ0n) is 11.7. The van der Waals surface area contributed by atoms with Gasteiger partial charge in [0.2, 0.25) is 11.7 Å². The van der Waals surface area contributed by atoms with Crippen molar-refractivity contribution in [3.05, 3.63) is 35.8 Å². The molecule has 0 saturated heterocycles. The highest BCUT2D eigenvalue weighted by molar-refractivity contribution is 5.93. The lowest BCUT2D eigenvalue weighted by molar-refractivity contribution is -0.125. The van der Waals surface area contributed by atoms with Crippen LogP contribution in [0.4, 0.5) is 0 Å². The maximum absolute atomic E-state index is 12.5. The Kier molecular flexibility index (Phi) is 3.20. The molecule has 0 saturated carbocycles. The first kappa shape index (κ1) is 13.3. The zero-order chi connectivity index (χ0) is 15.0. The van der Waals surface area contributed by atoms with Gasteiger partial charge in [-0.3, -0.25) is 14.3 Å². The van der Waals surface area contributed by atoms with Gasteiger partial charge in [-0.2, -0.15) is 5.10 Å². The first-order valence-electron chi connectivity index (χ1n) is 6.55. The fraction of sp³-hybridized carbons (Fsp3) is 0.385. The van der Waals surface area contributed by atoms with Crippen molar-refractivity contribution in [1.29, 1.82) is 0 Å². The number of fused-ring (bicyclic) bond motifs is 1. The number of oxazole rings is 1. The highest BCUT2D eigenvalue weighted by Gasteiger charge is 2.34. The summed E-state index contributed by atoms with van der Waals surface area (Å²) in [5.74, 6) is -0.253. The molecule has 0 aliphatic carbocycles. The molecule has 2 aromatic rings. The van der Waals surface area contributed by atoms with E-state index in [1.54, 1.807) is 35.8 Å². The minimum atomic E-state index is -0.541. The number of carbonyl (C=O) groups is 2. The predicted octanol–water partition coefficient (Wildman–Crippen LogP) is 0.123. The van der Waals surface area contributed by atoms with Gasteiger partial charge < -0.3 is 14.6 Å². The average molecular weight is 289 g/mol. The van der Waals surface area contributed by atoms with Crippen LogP contribution >= 0.6 is 0 Å². The molecule has 0 fully saturated rings. The highest BCUT2D eigenvalue weighted by atomic mass is 16.3. The van der Waals surface area contributed by atoms with Gasteiger partial charge in [0.25, 0.3) is 5.91 Å². The number of hydrogen-bond acceptors (Lipinski definition) is 5. The van der Waals surface area contributed by atoms with Crippen molar-refractivity contribution in [2.75, 3.05) is 13.6 Å². The number of nitrogens with zero attached hydrogens (tertiary/aromatic N) is 4. The lowest BCUT2D eigenvalue weighted by Crippen LogP contribution is -2.46. The van der Waals surface area contributed by atoms with Gasteiger partial charge in [0, 0.05) is 13.2 Å². The second kappa shape index (κ2) is 5.04. The Morgan fingerprint density at radius 1 is 1.48 bits per heavy atom. The minimum Gasteiger partial charge on any atom is -0.438 e. The third-order valence-corrected chi connectivity index (χ3v) is 3.57. The van der Waals surface area contributed by atoms with E-state index in [1.165, 1.54) is 6.39 Å². The van der Waals surface area contributed by atoms with Crippen LogP contribution in [0.25, 0.3) is 0 Å². The van der Waals surface area contributed by atoms with Crippen LogP contribution in [0, 0.1) is 6.92 Å². The molecule has 1 aliphatic heterocycles. The summed E-state index contributed by atoms with van der Waals surface area (Å²) in [6.45, 7) is 2.33. The molecule has 0 aromatic carbocycles. The van der Waals surface area contributed by atoms with E-state index in [4.69, 9.17) is 4.42 Å². The number of amides is 2. The van der Waals surface area contributed by atoms with Gasteiger partial charge in [-0.05, 0) is 13.0 Å². The van der Waals surface area contributed by atoms with Crippen LogP contribution in [0.15, 0.2) is 23.1 Å². The van der Waals surface area contributed by atoms with Crippen LogP contribution in [-0.2, 0) is 11.3 Å². The lowest BCUT2D eigenvalue weighted by Gasteiger charge is -2.32. The number of rotatable bonds is 2. The van der Waals surface area contributed by atoms with Crippen LogP contribution < -0.4 is 5.32 Å². The summed E-state index contributed by atoms with van der Waals surface area (Å²) in [7, 11) is 1.56. The van der Waals surface area contributed by atoms with Crippen molar-refractivity contribution in [3.63, 3.8) is 0 Å². The van der Waals surface area contributed by atoms with E-state index in [-0.39, 0.29) is 24.1 Å². The van der Waals surface area contributed by atoms with E-state index >= 15 is 0 Å². The number of aromatic nitrogens is 3. The fourth-order valence-corrected chi connectivity index (χ4v) is 2.46. The standard InChI is InChI=1S/C13H15N5O3/c1-8-11(21-7-15-8)13(20)17-5-9-3-4-16-18(9)10(6-17)12(19)14-2/h3-4,7,10H,5-6H2,1-2H3,(H,14,19). The molecule has 3 rings (SSSR count). The second-order valence-electron chi connectivity index (χ2n) is 4.85. The second-order valence-corrected chi connectivity index (χ2v) is 4.85. The summed E-state index contributed by atoms with van der Waals surface area (Å²) < 4.78 is 6.79. The van der Waals surface area contributed by atoms with Crippen molar-refractivity contribution in [3.8, 4) is 0 Å². The van der Waals surface area contributed by atoms with E-state index in [1.807, 2.05) is 0 Å². The Morgan fingerprint density at radius 2 is 2.29 bits per heavy atom. The van der Waals surface area contributed by atoms with Crippen molar-refractivity contribution >= 4 is 11.8 Å². The number of carbonyl (C=O) groups excluding carboxylic acids is 2. The highest BCUT2D eigenvalue weighted by Crippen LogP contribution is 2.22. The largest absolute Gasteiger partial charge is 0.438 e. The Balaban J connectivity index is 1.91. The van der Waals surface area contributed by atoms with Crippen molar-refractivity contribution in [1.82, 2.24) is 25.0 Å². The van der Waals surface area contributed by atoms with Gasteiger partial charge in [0.1, 0.15) is 6.04 Å². The van der Waals surface area contributed by atoms with Gasteiger partial charge in [0.15, 0.2) is 6.39 Å². The molecule has 1 unspecified atom stereocenters. The van der Waals surface area contributed by atoms with Gasteiger partial charge in [0.05, 0.1) is 24.5 Å². The third kappa shape index (κ3) is 2.18. The Morgan fingerprint density at radius 3 is 2.95 bits per heavy atom. The summed E-state index contributed by atoms with van der Waals surface area (Å²) >= 11 is 0. The maximum atomic E-state index is 12.5. The topological polar surface area (TPSA) is 93.3 Å². The van der Waals surface area contributed by atoms with Crippen LogP contribution in [0.2, 0.25) is 0 Å². The zero-order valence-corrected chi connectivity index (χ0v) is 11.7. The molecule has 1 N–H and O–H groups in total. The van der Waals surface area contributed by atoms with E-state index in [0.29, 0.717) is 12.2 Å². The normalized spacial score (nSPS) is 17.4. The number of likely N-dealkylation sites (N-methyl/N-ethyl adjacent to an activating group) is 1. The first-order chi connectivity index (χ1) is 10.1. The van der Waals surface area contributed by atoms with E-state index in [2.05, 4.69) is 15.4 Å². The summed E-state index contributed by atoms with van der Waals surface area (Å²) in [5, 5.41) is 6.76. The van der Waals surface area contributed by atoms with Gasteiger partial charge >= 0.3 is 0 Å².